The summed E-state index contributed by atoms with van der Waals surface area (Å²) in [6.07, 6.45) is 3.85. The van der Waals surface area contributed by atoms with Gasteiger partial charge in [-0.2, -0.15) is 0 Å². The van der Waals surface area contributed by atoms with Gasteiger partial charge in [0, 0.05) is 30.4 Å². The zero-order chi connectivity index (χ0) is 14.9. The summed E-state index contributed by atoms with van der Waals surface area (Å²) in [5.74, 6) is 0.895. The topological polar surface area (TPSA) is 29.3 Å². The monoisotopic (exact) mass is 292 g/mol. The van der Waals surface area contributed by atoms with Crippen molar-refractivity contribution in [3.05, 3.63) is 48.2 Å². The summed E-state index contributed by atoms with van der Waals surface area (Å²) in [4.78, 5) is 7.10. The van der Waals surface area contributed by atoms with Gasteiger partial charge in [0.25, 0.3) is 0 Å². The molecule has 0 amide bonds. The van der Waals surface area contributed by atoms with Gasteiger partial charge in [-0.05, 0) is 32.3 Å². The van der Waals surface area contributed by atoms with Crippen LogP contribution in [0.2, 0.25) is 0 Å². The number of anilines is 1. The molecule has 0 bridgehead atoms. The SMILES string of the molecule is Cc1cc(N2CCCCC2)c2oc(-c3ccccc3)cc2n1. The summed E-state index contributed by atoms with van der Waals surface area (Å²) in [7, 11) is 0. The number of hydrogen-bond acceptors (Lipinski definition) is 3. The number of aromatic nitrogens is 1. The molecule has 22 heavy (non-hydrogen) atoms. The predicted octanol–water partition coefficient (Wildman–Crippen LogP) is 4.79. The Bertz CT molecular complexity index is 786. The second kappa shape index (κ2) is 5.48. The first-order valence-corrected chi connectivity index (χ1v) is 8.03. The van der Waals surface area contributed by atoms with Gasteiger partial charge >= 0.3 is 0 Å². The molecule has 0 spiro atoms. The fourth-order valence-corrected chi connectivity index (χ4v) is 3.25. The van der Waals surface area contributed by atoms with Crippen LogP contribution in [0.15, 0.2) is 46.9 Å². The van der Waals surface area contributed by atoms with E-state index >= 15 is 0 Å². The van der Waals surface area contributed by atoms with Crippen LogP contribution in [0.4, 0.5) is 5.69 Å². The highest BCUT2D eigenvalue weighted by molar-refractivity contribution is 5.90. The molecule has 3 heterocycles. The summed E-state index contributed by atoms with van der Waals surface area (Å²) in [5, 5.41) is 0. The van der Waals surface area contributed by atoms with Gasteiger partial charge in [0.05, 0.1) is 5.69 Å². The molecule has 3 nitrogen and oxygen atoms in total. The molecule has 1 aromatic carbocycles. The zero-order valence-electron chi connectivity index (χ0n) is 12.9. The fourth-order valence-electron chi connectivity index (χ4n) is 3.25. The number of furan rings is 1. The largest absolute Gasteiger partial charge is 0.452 e. The summed E-state index contributed by atoms with van der Waals surface area (Å²) in [6, 6.07) is 14.5. The van der Waals surface area contributed by atoms with Crippen LogP contribution in [0, 0.1) is 6.92 Å². The van der Waals surface area contributed by atoms with E-state index < -0.39 is 0 Å². The summed E-state index contributed by atoms with van der Waals surface area (Å²) >= 11 is 0. The lowest BCUT2D eigenvalue weighted by Gasteiger charge is -2.28. The van der Waals surface area contributed by atoms with Crippen LogP contribution in [-0.4, -0.2) is 18.1 Å². The van der Waals surface area contributed by atoms with Crippen LogP contribution in [0.5, 0.6) is 0 Å². The van der Waals surface area contributed by atoms with Gasteiger partial charge in [-0.1, -0.05) is 30.3 Å². The number of aryl methyl sites for hydroxylation is 1. The smallest absolute Gasteiger partial charge is 0.176 e. The molecule has 1 aliphatic rings. The van der Waals surface area contributed by atoms with Crippen LogP contribution in [-0.2, 0) is 0 Å². The maximum absolute atomic E-state index is 6.19. The molecule has 0 N–H and O–H groups in total. The molecule has 0 atom stereocenters. The van der Waals surface area contributed by atoms with E-state index in [1.54, 1.807) is 0 Å². The van der Waals surface area contributed by atoms with E-state index in [-0.39, 0.29) is 0 Å². The second-order valence-electron chi connectivity index (χ2n) is 6.02. The molecule has 0 aliphatic carbocycles. The minimum Gasteiger partial charge on any atom is -0.452 e. The van der Waals surface area contributed by atoms with E-state index in [1.165, 1.54) is 24.9 Å². The van der Waals surface area contributed by atoms with Gasteiger partial charge in [0.15, 0.2) is 5.58 Å². The third-order valence-electron chi connectivity index (χ3n) is 4.34. The average molecular weight is 292 g/mol. The van der Waals surface area contributed by atoms with E-state index in [2.05, 4.69) is 41.1 Å². The van der Waals surface area contributed by atoms with Crippen LogP contribution < -0.4 is 4.90 Å². The zero-order valence-corrected chi connectivity index (χ0v) is 12.9. The molecule has 112 valence electrons. The van der Waals surface area contributed by atoms with Crippen molar-refractivity contribution in [2.75, 3.05) is 18.0 Å². The average Bonchev–Trinajstić information content (AvgIpc) is 2.99. The van der Waals surface area contributed by atoms with Crippen molar-refractivity contribution in [3.63, 3.8) is 0 Å². The Labute approximate surface area is 130 Å². The molecule has 1 fully saturated rings. The molecule has 0 unspecified atom stereocenters. The molecule has 2 aromatic heterocycles. The highest BCUT2D eigenvalue weighted by Crippen LogP contribution is 2.34. The number of fused-ring (bicyclic) bond motifs is 1. The second-order valence-corrected chi connectivity index (χ2v) is 6.02. The van der Waals surface area contributed by atoms with Crippen molar-refractivity contribution in [1.82, 2.24) is 4.98 Å². The molecule has 4 rings (SSSR count). The standard InChI is InChI=1S/C19H20N2O/c1-14-12-17(21-10-6-3-7-11-21)19-16(20-14)13-18(22-19)15-8-4-2-5-9-15/h2,4-5,8-9,12-13H,3,6-7,10-11H2,1H3. The van der Waals surface area contributed by atoms with Crippen LogP contribution in [0.3, 0.4) is 0 Å². The predicted molar refractivity (Wildman–Crippen MR) is 90.2 cm³/mol. The molecule has 1 saturated heterocycles. The summed E-state index contributed by atoms with van der Waals surface area (Å²) < 4.78 is 6.19. The van der Waals surface area contributed by atoms with Crippen molar-refractivity contribution in [1.29, 1.82) is 0 Å². The lowest BCUT2D eigenvalue weighted by Crippen LogP contribution is -2.29. The fraction of sp³-hybridized carbons (Fsp3) is 0.316. The van der Waals surface area contributed by atoms with Gasteiger partial charge in [0.2, 0.25) is 0 Å². The first-order valence-electron chi connectivity index (χ1n) is 8.03. The minimum absolute atomic E-state index is 0.895. The van der Waals surface area contributed by atoms with Crippen molar-refractivity contribution >= 4 is 16.8 Å². The van der Waals surface area contributed by atoms with E-state index in [0.29, 0.717) is 0 Å². The minimum atomic E-state index is 0.895. The lowest BCUT2D eigenvalue weighted by molar-refractivity contribution is 0.571. The highest BCUT2D eigenvalue weighted by Gasteiger charge is 2.18. The van der Waals surface area contributed by atoms with Crippen LogP contribution in [0.1, 0.15) is 25.0 Å². The number of pyridine rings is 1. The number of piperidine rings is 1. The highest BCUT2D eigenvalue weighted by atomic mass is 16.3. The molecule has 3 heteroatoms. The lowest BCUT2D eigenvalue weighted by atomic mass is 10.1. The van der Waals surface area contributed by atoms with Gasteiger partial charge < -0.3 is 9.32 Å². The Kier molecular flexibility index (Phi) is 3.34. The summed E-state index contributed by atoms with van der Waals surface area (Å²) in [6.45, 7) is 4.28. The Morgan fingerprint density at radius 1 is 1.00 bits per heavy atom. The van der Waals surface area contributed by atoms with Gasteiger partial charge in [0.1, 0.15) is 11.3 Å². The maximum atomic E-state index is 6.19. The Hall–Kier alpha value is -2.29. The van der Waals surface area contributed by atoms with Crippen molar-refractivity contribution in [2.45, 2.75) is 26.2 Å². The van der Waals surface area contributed by atoms with Gasteiger partial charge in [-0.3, -0.25) is 0 Å². The van der Waals surface area contributed by atoms with E-state index in [9.17, 15) is 0 Å². The van der Waals surface area contributed by atoms with E-state index in [4.69, 9.17) is 4.42 Å². The van der Waals surface area contributed by atoms with Crippen molar-refractivity contribution in [3.8, 4) is 11.3 Å². The third-order valence-corrected chi connectivity index (χ3v) is 4.34. The molecule has 0 saturated carbocycles. The molecule has 1 aliphatic heterocycles. The molecular weight excluding hydrogens is 272 g/mol. The van der Waals surface area contributed by atoms with E-state index in [0.717, 1.165) is 41.2 Å². The third kappa shape index (κ3) is 2.37. The number of benzene rings is 1. The number of nitrogens with zero attached hydrogens (tertiary/aromatic N) is 2. The first-order chi connectivity index (χ1) is 10.8. The normalized spacial score (nSPS) is 15.4. The number of rotatable bonds is 2. The molecular formula is C19H20N2O. The van der Waals surface area contributed by atoms with Crippen LogP contribution in [0.25, 0.3) is 22.4 Å². The first kappa shape index (κ1) is 13.4. The van der Waals surface area contributed by atoms with Crippen molar-refractivity contribution < 1.29 is 4.42 Å². The van der Waals surface area contributed by atoms with E-state index in [1.807, 2.05) is 18.2 Å². The Morgan fingerprint density at radius 3 is 2.55 bits per heavy atom. The van der Waals surface area contributed by atoms with Gasteiger partial charge in [-0.15, -0.1) is 0 Å². The molecule has 3 aromatic rings. The summed E-state index contributed by atoms with van der Waals surface area (Å²) in [5.41, 5.74) is 5.23. The Morgan fingerprint density at radius 2 is 1.77 bits per heavy atom. The Balaban J connectivity index is 1.84. The number of hydrogen-bond donors (Lipinski definition) is 0. The molecule has 0 radical (unpaired) electrons. The van der Waals surface area contributed by atoms with Crippen molar-refractivity contribution in [2.24, 2.45) is 0 Å². The quantitative estimate of drug-likeness (QED) is 0.680. The maximum Gasteiger partial charge on any atom is 0.176 e. The van der Waals surface area contributed by atoms with Crippen LogP contribution >= 0.6 is 0 Å². The van der Waals surface area contributed by atoms with Gasteiger partial charge in [-0.25, -0.2) is 4.98 Å².